The number of hydrogen-bond acceptors (Lipinski definition) is 4. The third-order valence-electron chi connectivity index (χ3n) is 4.13. The van der Waals surface area contributed by atoms with Gasteiger partial charge in [0.1, 0.15) is 10.7 Å². The number of amidine groups is 1. The number of hydrogen-bond donors (Lipinski definition) is 0. The number of aliphatic imine (C=N–C) groups is 1. The van der Waals surface area contributed by atoms with Crippen molar-refractivity contribution in [2.24, 2.45) is 4.99 Å². The summed E-state index contributed by atoms with van der Waals surface area (Å²) in [6.07, 6.45) is 2.68. The molecule has 0 spiro atoms. The van der Waals surface area contributed by atoms with E-state index in [9.17, 15) is 8.42 Å². The maximum atomic E-state index is 13.1. The summed E-state index contributed by atoms with van der Waals surface area (Å²) >= 11 is 0. The average molecular weight is 324 g/mol. The van der Waals surface area contributed by atoms with Crippen LogP contribution in [0, 0.1) is 0 Å². The molecule has 23 heavy (non-hydrogen) atoms. The molecule has 2 aromatic rings. The predicted octanol–water partition coefficient (Wildman–Crippen LogP) is 3.12. The van der Waals surface area contributed by atoms with Crippen LogP contribution in [0.1, 0.15) is 12.0 Å². The van der Waals surface area contributed by atoms with Crippen molar-refractivity contribution in [3.05, 3.63) is 65.1 Å². The topological polar surface area (TPSA) is 49.7 Å². The molecule has 0 fully saturated rings. The van der Waals surface area contributed by atoms with Crippen LogP contribution >= 0.6 is 0 Å². The first-order valence-electron chi connectivity index (χ1n) is 7.61. The largest absolute Gasteiger partial charge is 0.325 e. The van der Waals surface area contributed by atoms with Gasteiger partial charge in [-0.1, -0.05) is 36.4 Å². The molecule has 0 bridgehead atoms. The number of para-hydroxylation sites is 1. The van der Waals surface area contributed by atoms with Gasteiger partial charge in [0, 0.05) is 18.8 Å². The average Bonchev–Trinajstić information content (AvgIpc) is 2.62. The van der Waals surface area contributed by atoms with Crippen molar-refractivity contribution in [3.8, 4) is 0 Å². The number of nitrogens with zero attached hydrogens (tertiary/aromatic N) is 2. The van der Waals surface area contributed by atoms with E-state index in [0.717, 1.165) is 24.2 Å². The van der Waals surface area contributed by atoms with Crippen LogP contribution in [0.15, 0.2) is 69.4 Å². The van der Waals surface area contributed by atoms with Crippen LogP contribution in [0.2, 0.25) is 0 Å². The second-order valence-electron chi connectivity index (χ2n) is 5.59. The highest BCUT2D eigenvalue weighted by Crippen LogP contribution is 2.35. The molecule has 2 heterocycles. The highest BCUT2D eigenvalue weighted by atomic mass is 32.2. The molecule has 0 aliphatic carbocycles. The minimum absolute atomic E-state index is 0.294. The summed E-state index contributed by atoms with van der Waals surface area (Å²) in [4.78, 5) is 7.14. The second-order valence-corrected chi connectivity index (χ2v) is 7.51. The molecule has 0 N–H and O–H groups in total. The van der Waals surface area contributed by atoms with E-state index in [0.29, 0.717) is 22.2 Å². The summed E-state index contributed by atoms with van der Waals surface area (Å²) < 4.78 is 26.2. The van der Waals surface area contributed by atoms with E-state index in [4.69, 9.17) is 0 Å². The Morgan fingerprint density at radius 3 is 2.52 bits per heavy atom. The molecule has 0 aromatic heterocycles. The summed E-state index contributed by atoms with van der Waals surface area (Å²) in [6, 6.07) is 16.4. The third kappa shape index (κ3) is 2.28. The number of fused-ring (bicyclic) bond motifs is 3. The molecule has 0 atom stereocenters. The van der Waals surface area contributed by atoms with Gasteiger partial charge in [-0.05, 0) is 36.3 Å². The first-order chi connectivity index (χ1) is 11.2. The zero-order valence-electron chi connectivity index (χ0n) is 12.5. The highest BCUT2D eigenvalue weighted by molar-refractivity contribution is 7.96. The number of sulfone groups is 1. The van der Waals surface area contributed by atoms with Gasteiger partial charge in [0.05, 0.1) is 4.90 Å². The van der Waals surface area contributed by atoms with Crippen molar-refractivity contribution in [2.75, 3.05) is 18.0 Å². The van der Waals surface area contributed by atoms with Crippen LogP contribution < -0.4 is 4.90 Å². The minimum Gasteiger partial charge on any atom is -0.325 e. The number of rotatable bonds is 2. The van der Waals surface area contributed by atoms with Crippen LogP contribution in [-0.2, 0) is 9.84 Å². The summed E-state index contributed by atoms with van der Waals surface area (Å²) in [7, 11) is -3.59. The quantitative estimate of drug-likeness (QED) is 0.853. The van der Waals surface area contributed by atoms with Crippen LogP contribution in [0.5, 0.6) is 0 Å². The molecule has 0 unspecified atom stereocenters. The Hall–Kier alpha value is -2.40. The van der Waals surface area contributed by atoms with Gasteiger partial charge in [-0.15, -0.1) is 0 Å². The van der Waals surface area contributed by atoms with Gasteiger partial charge in [-0.25, -0.2) is 8.42 Å². The normalized spacial score (nSPS) is 17.0. The molecule has 2 aromatic carbocycles. The number of anilines is 1. The first-order valence-corrected chi connectivity index (χ1v) is 9.09. The van der Waals surface area contributed by atoms with Gasteiger partial charge < -0.3 is 4.90 Å². The fraction of sp³-hybridized carbons (Fsp3) is 0.167. The molecule has 0 saturated carbocycles. The molecule has 0 amide bonds. The molecule has 5 heteroatoms. The summed E-state index contributed by atoms with van der Waals surface area (Å²) in [6.45, 7) is 1.45. The van der Waals surface area contributed by atoms with Crippen LogP contribution in [-0.4, -0.2) is 27.3 Å². The fourth-order valence-corrected chi connectivity index (χ4v) is 4.50. The van der Waals surface area contributed by atoms with Gasteiger partial charge in [0.15, 0.2) is 0 Å². The fourth-order valence-electron chi connectivity index (χ4n) is 3.04. The van der Waals surface area contributed by atoms with E-state index in [2.05, 4.69) is 4.99 Å². The van der Waals surface area contributed by atoms with Crippen LogP contribution in [0.3, 0.4) is 0 Å². The molecular formula is C18H16N2O2S. The molecular weight excluding hydrogens is 308 g/mol. The van der Waals surface area contributed by atoms with E-state index < -0.39 is 9.84 Å². The Balaban J connectivity index is 1.94. The summed E-state index contributed by atoms with van der Waals surface area (Å²) in [5, 5.41) is 0. The standard InChI is InChI=1S/C18H16N2O2S/c21-23(22,15-8-2-1-3-9-15)17-13-14-7-4-5-10-16(14)20-12-6-11-19-18(17)20/h1-5,7-10,13H,6,11-12H2. The van der Waals surface area contributed by atoms with Crippen molar-refractivity contribution in [3.63, 3.8) is 0 Å². The Kier molecular flexibility index (Phi) is 3.31. The molecule has 4 nitrogen and oxygen atoms in total. The molecule has 0 saturated heterocycles. The second kappa shape index (κ2) is 5.35. The lowest BCUT2D eigenvalue weighted by molar-refractivity contribution is 0.603. The van der Waals surface area contributed by atoms with Crippen LogP contribution in [0.25, 0.3) is 6.08 Å². The maximum Gasteiger partial charge on any atom is 0.210 e. The molecule has 2 aliphatic heterocycles. The van der Waals surface area contributed by atoms with Crippen molar-refractivity contribution in [2.45, 2.75) is 11.3 Å². The Bertz CT molecular complexity index is 915. The van der Waals surface area contributed by atoms with E-state index in [-0.39, 0.29) is 0 Å². The van der Waals surface area contributed by atoms with E-state index in [1.165, 1.54) is 0 Å². The molecule has 0 radical (unpaired) electrons. The highest BCUT2D eigenvalue weighted by Gasteiger charge is 2.34. The lowest BCUT2D eigenvalue weighted by atomic mass is 10.1. The van der Waals surface area contributed by atoms with E-state index >= 15 is 0 Å². The Morgan fingerprint density at radius 1 is 0.957 bits per heavy atom. The Labute approximate surface area is 135 Å². The number of benzene rings is 2. The van der Waals surface area contributed by atoms with Crippen LogP contribution in [0.4, 0.5) is 5.69 Å². The maximum absolute atomic E-state index is 13.1. The van der Waals surface area contributed by atoms with Gasteiger partial charge in [0.25, 0.3) is 0 Å². The molecule has 2 aliphatic rings. The van der Waals surface area contributed by atoms with Crippen molar-refractivity contribution < 1.29 is 8.42 Å². The van der Waals surface area contributed by atoms with E-state index in [1.54, 1.807) is 30.3 Å². The lowest BCUT2D eigenvalue weighted by Gasteiger charge is -2.34. The molecule has 4 rings (SSSR count). The zero-order valence-corrected chi connectivity index (χ0v) is 13.3. The SMILES string of the molecule is O=S(=O)(C1=Cc2ccccc2N2CCCN=C12)c1ccccc1. The van der Waals surface area contributed by atoms with Gasteiger partial charge >= 0.3 is 0 Å². The van der Waals surface area contributed by atoms with Crippen molar-refractivity contribution in [1.29, 1.82) is 0 Å². The van der Waals surface area contributed by atoms with Crippen molar-refractivity contribution >= 4 is 27.4 Å². The smallest absolute Gasteiger partial charge is 0.210 e. The first kappa shape index (κ1) is 14.2. The predicted molar refractivity (Wildman–Crippen MR) is 92.3 cm³/mol. The monoisotopic (exact) mass is 324 g/mol. The van der Waals surface area contributed by atoms with E-state index in [1.807, 2.05) is 35.2 Å². The van der Waals surface area contributed by atoms with Gasteiger partial charge in [-0.2, -0.15) is 0 Å². The minimum atomic E-state index is -3.59. The lowest BCUT2D eigenvalue weighted by Crippen LogP contribution is -2.40. The van der Waals surface area contributed by atoms with Crippen molar-refractivity contribution in [1.82, 2.24) is 0 Å². The van der Waals surface area contributed by atoms with Gasteiger partial charge in [-0.3, -0.25) is 4.99 Å². The molecule has 116 valence electrons. The third-order valence-corrected chi connectivity index (χ3v) is 5.91. The summed E-state index contributed by atoms with van der Waals surface area (Å²) in [5.74, 6) is 0.568. The van der Waals surface area contributed by atoms with Gasteiger partial charge in [0.2, 0.25) is 9.84 Å². The zero-order chi connectivity index (χ0) is 15.9. The summed E-state index contributed by atoms with van der Waals surface area (Å²) in [5.41, 5.74) is 1.95. The Morgan fingerprint density at radius 2 is 1.70 bits per heavy atom.